The molecule has 4 rings (SSSR count). The molecular weight excluding hydrogens is 433 g/mol. The smallest absolute Gasteiger partial charge is 0.210 e. The Morgan fingerprint density at radius 2 is 1.33 bits per heavy atom. The first-order valence-electron chi connectivity index (χ1n) is 9.45. The van der Waals surface area contributed by atoms with Gasteiger partial charge in [-0.2, -0.15) is 0 Å². The van der Waals surface area contributed by atoms with Gasteiger partial charge in [0, 0.05) is 26.9 Å². The van der Waals surface area contributed by atoms with Crippen molar-refractivity contribution in [2.45, 2.75) is 24.8 Å². The largest absolute Gasteiger partial charge is 0.219 e. The maximum Gasteiger partial charge on any atom is 0.210 e. The zero-order valence-electron chi connectivity index (χ0n) is 16.6. The zero-order valence-corrected chi connectivity index (χ0v) is 18.9. The maximum absolute atomic E-state index is 6.30. The fourth-order valence-corrected chi connectivity index (χ4v) is 4.32. The molecule has 0 saturated heterocycles. The fourth-order valence-electron chi connectivity index (χ4n) is 2.97. The summed E-state index contributed by atoms with van der Waals surface area (Å²) in [5.74, 6) is 0.634. The molecule has 0 N–H and O–H groups in total. The quantitative estimate of drug-likeness (QED) is 0.295. The number of rotatable bonds is 5. The first-order chi connectivity index (χ1) is 14.5. The van der Waals surface area contributed by atoms with Crippen LogP contribution in [0.4, 0.5) is 0 Å². The molecule has 0 unspecified atom stereocenters. The van der Waals surface area contributed by atoms with Gasteiger partial charge < -0.3 is 0 Å². The standard InChI is InChI=1S/C24H19Cl2N3S/c1-15-3-7-17(8-4-15)22-23(18-9-5-16(2)6-10-18)28-29-24(27-22)30-14-19-11-12-20(25)13-21(19)26/h3-13H,14H2,1-2H3. The molecule has 3 nitrogen and oxygen atoms in total. The van der Waals surface area contributed by atoms with Gasteiger partial charge in [0.25, 0.3) is 0 Å². The molecule has 0 fully saturated rings. The number of thioether (sulfide) groups is 1. The minimum atomic E-state index is 0.604. The second-order valence-electron chi connectivity index (χ2n) is 7.05. The average molecular weight is 452 g/mol. The second-order valence-corrected chi connectivity index (χ2v) is 8.83. The Morgan fingerprint density at radius 1 is 0.733 bits per heavy atom. The highest BCUT2D eigenvalue weighted by Gasteiger charge is 2.14. The molecule has 0 atom stereocenters. The lowest BCUT2D eigenvalue weighted by molar-refractivity contribution is 0.850. The monoisotopic (exact) mass is 451 g/mol. The Bertz CT molecular complexity index is 1180. The Balaban J connectivity index is 1.70. The van der Waals surface area contributed by atoms with E-state index in [4.69, 9.17) is 28.2 Å². The highest BCUT2D eigenvalue weighted by atomic mass is 35.5. The van der Waals surface area contributed by atoms with Crippen LogP contribution in [0.1, 0.15) is 16.7 Å². The maximum atomic E-state index is 6.30. The molecule has 0 aliphatic carbocycles. The summed E-state index contributed by atoms with van der Waals surface area (Å²) in [7, 11) is 0. The molecule has 0 spiro atoms. The van der Waals surface area contributed by atoms with E-state index >= 15 is 0 Å². The minimum Gasteiger partial charge on any atom is -0.219 e. The molecule has 0 amide bonds. The Kier molecular flexibility index (Phi) is 6.38. The molecule has 6 heteroatoms. The molecule has 0 aliphatic heterocycles. The van der Waals surface area contributed by atoms with E-state index in [9.17, 15) is 0 Å². The fraction of sp³-hybridized carbons (Fsp3) is 0.125. The van der Waals surface area contributed by atoms with Crippen LogP contribution in [-0.4, -0.2) is 15.2 Å². The highest BCUT2D eigenvalue weighted by molar-refractivity contribution is 7.98. The van der Waals surface area contributed by atoms with Gasteiger partial charge in [0.1, 0.15) is 11.4 Å². The number of aromatic nitrogens is 3. The number of aryl methyl sites for hydroxylation is 2. The highest BCUT2D eigenvalue weighted by Crippen LogP contribution is 2.32. The van der Waals surface area contributed by atoms with Gasteiger partial charge in [0.05, 0.1) is 0 Å². The van der Waals surface area contributed by atoms with Crippen molar-refractivity contribution in [3.63, 3.8) is 0 Å². The number of hydrogen-bond acceptors (Lipinski definition) is 4. The van der Waals surface area contributed by atoms with E-state index in [-0.39, 0.29) is 0 Å². The van der Waals surface area contributed by atoms with E-state index < -0.39 is 0 Å². The number of halogens is 2. The lowest BCUT2D eigenvalue weighted by Gasteiger charge is -2.10. The molecule has 1 heterocycles. The summed E-state index contributed by atoms with van der Waals surface area (Å²) >= 11 is 13.8. The third-order valence-electron chi connectivity index (χ3n) is 4.69. The first-order valence-corrected chi connectivity index (χ1v) is 11.2. The van der Waals surface area contributed by atoms with Crippen molar-refractivity contribution in [1.82, 2.24) is 15.2 Å². The van der Waals surface area contributed by atoms with Crippen molar-refractivity contribution in [3.8, 4) is 22.5 Å². The van der Waals surface area contributed by atoms with Crippen LogP contribution in [0.2, 0.25) is 10.0 Å². The van der Waals surface area contributed by atoms with Gasteiger partial charge in [-0.05, 0) is 31.5 Å². The molecule has 0 saturated carbocycles. The summed E-state index contributed by atoms with van der Waals surface area (Å²) in [6.45, 7) is 4.14. The van der Waals surface area contributed by atoms with E-state index in [2.05, 4.69) is 72.6 Å². The van der Waals surface area contributed by atoms with E-state index in [0.29, 0.717) is 21.0 Å². The van der Waals surface area contributed by atoms with Crippen LogP contribution in [0, 0.1) is 13.8 Å². The number of hydrogen-bond donors (Lipinski definition) is 0. The Morgan fingerprint density at radius 3 is 1.93 bits per heavy atom. The van der Waals surface area contributed by atoms with E-state index in [0.717, 1.165) is 28.1 Å². The Hall–Kier alpha value is -2.40. The molecule has 0 radical (unpaired) electrons. The third-order valence-corrected chi connectivity index (χ3v) is 6.16. The molecule has 150 valence electrons. The number of nitrogens with zero attached hydrogens (tertiary/aromatic N) is 3. The van der Waals surface area contributed by atoms with Gasteiger partial charge >= 0.3 is 0 Å². The molecule has 30 heavy (non-hydrogen) atoms. The SMILES string of the molecule is Cc1ccc(-c2nnc(SCc3ccc(Cl)cc3Cl)nc2-c2ccc(C)cc2)cc1. The van der Waals surface area contributed by atoms with Crippen molar-refractivity contribution in [2.24, 2.45) is 0 Å². The van der Waals surface area contributed by atoms with Crippen molar-refractivity contribution in [1.29, 1.82) is 0 Å². The van der Waals surface area contributed by atoms with Gasteiger partial charge in [-0.25, -0.2) is 4.98 Å². The van der Waals surface area contributed by atoms with E-state index in [1.807, 2.05) is 12.1 Å². The van der Waals surface area contributed by atoms with Crippen LogP contribution in [0.5, 0.6) is 0 Å². The van der Waals surface area contributed by atoms with Crippen molar-refractivity contribution in [3.05, 3.63) is 93.5 Å². The molecule has 4 aromatic rings. The average Bonchev–Trinajstić information content (AvgIpc) is 2.74. The lowest BCUT2D eigenvalue weighted by atomic mass is 10.0. The van der Waals surface area contributed by atoms with Crippen LogP contribution >= 0.6 is 35.0 Å². The van der Waals surface area contributed by atoms with Crippen molar-refractivity contribution >= 4 is 35.0 Å². The summed E-state index contributed by atoms with van der Waals surface area (Å²) < 4.78 is 0. The summed E-state index contributed by atoms with van der Waals surface area (Å²) in [6, 6.07) is 22.1. The van der Waals surface area contributed by atoms with Gasteiger partial charge in [-0.3, -0.25) is 0 Å². The van der Waals surface area contributed by atoms with E-state index in [1.54, 1.807) is 6.07 Å². The zero-order chi connectivity index (χ0) is 21.1. The topological polar surface area (TPSA) is 38.7 Å². The van der Waals surface area contributed by atoms with Crippen LogP contribution in [0.3, 0.4) is 0 Å². The van der Waals surface area contributed by atoms with Gasteiger partial charge in [-0.1, -0.05) is 101 Å². The van der Waals surface area contributed by atoms with Crippen LogP contribution in [0.15, 0.2) is 71.9 Å². The van der Waals surface area contributed by atoms with Gasteiger partial charge in [0.2, 0.25) is 5.16 Å². The normalized spacial score (nSPS) is 10.9. The summed E-state index contributed by atoms with van der Waals surface area (Å²) in [5, 5.41) is 10.8. The van der Waals surface area contributed by atoms with Crippen LogP contribution in [0.25, 0.3) is 22.5 Å². The summed E-state index contributed by atoms with van der Waals surface area (Å²) in [6.07, 6.45) is 0. The van der Waals surface area contributed by atoms with Crippen LogP contribution in [-0.2, 0) is 5.75 Å². The molecule has 1 aromatic heterocycles. The number of benzene rings is 3. The van der Waals surface area contributed by atoms with Gasteiger partial charge in [0.15, 0.2) is 0 Å². The predicted molar refractivity (Wildman–Crippen MR) is 126 cm³/mol. The van der Waals surface area contributed by atoms with Crippen molar-refractivity contribution < 1.29 is 0 Å². The molecule has 3 aromatic carbocycles. The molecular formula is C24H19Cl2N3S. The Labute approximate surface area is 190 Å². The second kappa shape index (κ2) is 9.17. The third kappa shape index (κ3) is 4.84. The van der Waals surface area contributed by atoms with Crippen LogP contribution < -0.4 is 0 Å². The van der Waals surface area contributed by atoms with E-state index in [1.165, 1.54) is 22.9 Å². The van der Waals surface area contributed by atoms with Gasteiger partial charge in [-0.15, -0.1) is 10.2 Å². The predicted octanol–water partition coefficient (Wildman–Crippen LogP) is 7.42. The first kappa shape index (κ1) is 20.9. The molecule has 0 bridgehead atoms. The molecule has 0 aliphatic rings. The lowest BCUT2D eigenvalue weighted by Crippen LogP contribution is -1.99. The minimum absolute atomic E-state index is 0.604. The summed E-state index contributed by atoms with van der Waals surface area (Å²) in [5.41, 5.74) is 6.97. The summed E-state index contributed by atoms with van der Waals surface area (Å²) in [4.78, 5) is 4.85. The van der Waals surface area contributed by atoms with Crippen molar-refractivity contribution in [2.75, 3.05) is 0 Å².